The van der Waals surface area contributed by atoms with Crippen molar-refractivity contribution in [3.63, 3.8) is 0 Å². The number of carbonyl (C=O) groups is 1. The van der Waals surface area contributed by atoms with Gasteiger partial charge in [0.05, 0.1) is 11.1 Å². The molecule has 0 aromatic carbocycles. The van der Waals surface area contributed by atoms with E-state index in [0.717, 1.165) is 24.4 Å². The van der Waals surface area contributed by atoms with Gasteiger partial charge in [-0.25, -0.2) is 4.98 Å². The van der Waals surface area contributed by atoms with Crippen LogP contribution in [0, 0.1) is 0 Å². The first kappa shape index (κ1) is 12.8. The van der Waals surface area contributed by atoms with E-state index in [0.29, 0.717) is 22.9 Å². The third-order valence-electron chi connectivity index (χ3n) is 2.32. The second kappa shape index (κ2) is 6.32. The van der Waals surface area contributed by atoms with E-state index < -0.39 is 0 Å². The standard InChI is InChI=1S/C12H14N2O3S/c1-16-6-3-5-13-12-14-11(10(8-15)18-12)9-4-2-7-17-9/h2,4,7-8H,3,5-6H2,1H3,(H,13,14). The van der Waals surface area contributed by atoms with E-state index in [1.165, 1.54) is 11.3 Å². The van der Waals surface area contributed by atoms with Gasteiger partial charge in [0.15, 0.2) is 17.2 Å². The summed E-state index contributed by atoms with van der Waals surface area (Å²) in [5.41, 5.74) is 0.592. The van der Waals surface area contributed by atoms with Gasteiger partial charge >= 0.3 is 0 Å². The summed E-state index contributed by atoms with van der Waals surface area (Å²) in [6.45, 7) is 1.46. The lowest BCUT2D eigenvalue weighted by Gasteiger charge is -2.00. The number of nitrogens with one attached hydrogen (secondary N) is 1. The minimum atomic E-state index is 0.569. The van der Waals surface area contributed by atoms with Gasteiger partial charge in [0.25, 0.3) is 0 Å². The molecule has 0 spiro atoms. The Balaban J connectivity index is 2.07. The zero-order valence-electron chi connectivity index (χ0n) is 10.0. The van der Waals surface area contributed by atoms with E-state index in [2.05, 4.69) is 10.3 Å². The minimum absolute atomic E-state index is 0.569. The lowest BCUT2D eigenvalue weighted by Crippen LogP contribution is -2.04. The Morgan fingerprint density at radius 3 is 3.17 bits per heavy atom. The van der Waals surface area contributed by atoms with E-state index in [1.807, 2.05) is 0 Å². The van der Waals surface area contributed by atoms with Crippen LogP contribution in [-0.4, -0.2) is 31.5 Å². The number of furan rings is 1. The molecule has 0 unspecified atom stereocenters. The van der Waals surface area contributed by atoms with Gasteiger partial charge in [-0.2, -0.15) is 0 Å². The van der Waals surface area contributed by atoms with Crippen molar-refractivity contribution >= 4 is 22.8 Å². The molecule has 0 fully saturated rings. The maximum Gasteiger partial charge on any atom is 0.184 e. The number of ether oxygens (including phenoxy) is 1. The van der Waals surface area contributed by atoms with Crippen molar-refractivity contribution < 1.29 is 13.9 Å². The monoisotopic (exact) mass is 266 g/mol. The van der Waals surface area contributed by atoms with E-state index in [-0.39, 0.29) is 0 Å². The minimum Gasteiger partial charge on any atom is -0.463 e. The topological polar surface area (TPSA) is 64.4 Å². The summed E-state index contributed by atoms with van der Waals surface area (Å²) >= 11 is 1.32. The van der Waals surface area contributed by atoms with Crippen molar-refractivity contribution in [2.75, 3.05) is 25.6 Å². The van der Waals surface area contributed by atoms with E-state index in [4.69, 9.17) is 9.15 Å². The van der Waals surface area contributed by atoms with E-state index >= 15 is 0 Å². The van der Waals surface area contributed by atoms with Gasteiger partial charge in [0.1, 0.15) is 5.69 Å². The fraction of sp³-hybridized carbons (Fsp3) is 0.333. The first-order valence-electron chi connectivity index (χ1n) is 5.58. The van der Waals surface area contributed by atoms with Crippen LogP contribution in [0.1, 0.15) is 16.1 Å². The number of carbonyl (C=O) groups excluding carboxylic acids is 1. The third kappa shape index (κ3) is 2.96. The molecule has 0 aliphatic rings. The number of aromatic nitrogens is 1. The normalized spacial score (nSPS) is 10.5. The molecular weight excluding hydrogens is 252 g/mol. The maximum absolute atomic E-state index is 11.0. The molecule has 0 saturated carbocycles. The van der Waals surface area contributed by atoms with Crippen LogP contribution in [0.25, 0.3) is 11.5 Å². The SMILES string of the molecule is COCCCNc1nc(-c2ccco2)c(C=O)s1. The molecule has 2 aromatic heterocycles. The fourth-order valence-electron chi connectivity index (χ4n) is 1.49. The maximum atomic E-state index is 11.0. The van der Waals surface area contributed by atoms with Gasteiger partial charge in [-0.1, -0.05) is 11.3 Å². The molecule has 5 nitrogen and oxygen atoms in total. The van der Waals surface area contributed by atoms with Gasteiger partial charge in [0.2, 0.25) is 0 Å². The number of hydrogen-bond donors (Lipinski definition) is 1. The number of methoxy groups -OCH3 is 1. The van der Waals surface area contributed by atoms with E-state index in [9.17, 15) is 4.79 Å². The average Bonchev–Trinajstić information content (AvgIpc) is 3.02. The Morgan fingerprint density at radius 2 is 2.50 bits per heavy atom. The molecule has 0 bridgehead atoms. The number of rotatable bonds is 7. The number of anilines is 1. The fourth-order valence-corrected chi connectivity index (χ4v) is 2.30. The zero-order valence-corrected chi connectivity index (χ0v) is 10.8. The Hall–Kier alpha value is -1.66. The zero-order chi connectivity index (χ0) is 12.8. The van der Waals surface area contributed by atoms with Crippen LogP contribution in [0.2, 0.25) is 0 Å². The van der Waals surface area contributed by atoms with Crippen molar-refractivity contribution in [1.29, 1.82) is 0 Å². The lowest BCUT2D eigenvalue weighted by molar-refractivity contribution is 0.112. The second-order valence-corrected chi connectivity index (χ2v) is 4.63. The molecule has 18 heavy (non-hydrogen) atoms. The van der Waals surface area contributed by atoms with Crippen molar-refractivity contribution in [1.82, 2.24) is 4.98 Å². The summed E-state index contributed by atoms with van der Waals surface area (Å²) in [6, 6.07) is 3.56. The van der Waals surface area contributed by atoms with Crippen molar-refractivity contribution in [3.8, 4) is 11.5 Å². The van der Waals surface area contributed by atoms with Gasteiger partial charge in [-0.3, -0.25) is 4.79 Å². The highest BCUT2D eigenvalue weighted by molar-refractivity contribution is 7.17. The average molecular weight is 266 g/mol. The van der Waals surface area contributed by atoms with Gasteiger partial charge in [-0.15, -0.1) is 0 Å². The molecule has 96 valence electrons. The molecule has 2 heterocycles. The van der Waals surface area contributed by atoms with Crippen molar-refractivity contribution in [3.05, 3.63) is 23.3 Å². The van der Waals surface area contributed by atoms with Crippen LogP contribution < -0.4 is 5.32 Å². The van der Waals surface area contributed by atoms with Crippen molar-refractivity contribution in [2.45, 2.75) is 6.42 Å². The second-order valence-electron chi connectivity index (χ2n) is 3.60. The summed E-state index contributed by atoms with van der Waals surface area (Å²) < 4.78 is 10.2. The van der Waals surface area contributed by atoms with Crippen LogP contribution in [0.5, 0.6) is 0 Å². The Kier molecular flexibility index (Phi) is 4.49. The smallest absolute Gasteiger partial charge is 0.184 e. The summed E-state index contributed by atoms with van der Waals surface area (Å²) in [7, 11) is 1.67. The highest BCUT2D eigenvalue weighted by atomic mass is 32.1. The molecule has 0 amide bonds. The highest BCUT2D eigenvalue weighted by Crippen LogP contribution is 2.29. The van der Waals surface area contributed by atoms with Crippen LogP contribution in [0.15, 0.2) is 22.8 Å². The number of nitrogens with zero attached hydrogens (tertiary/aromatic N) is 1. The lowest BCUT2D eigenvalue weighted by atomic mass is 10.3. The highest BCUT2D eigenvalue weighted by Gasteiger charge is 2.14. The molecule has 0 aliphatic heterocycles. The predicted octanol–water partition coefficient (Wildman–Crippen LogP) is 2.66. The van der Waals surface area contributed by atoms with Crippen LogP contribution >= 0.6 is 11.3 Å². The van der Waals surface area contributed by atoms with Crippen LogP contribution in [0.4, 0.5) is 5.13 Å². The first-order chi connectivity index (χ1) is 8.85. The molecule has 2 rings (SSSR count). The molecule has 1 N–H and O–H groups in total. The molecule has 0 atom stereocenters. The largest absolute Gasteiger partial charge is 0.463 e. The number of thiazole rings is 1. The Labute approximate surface area is 109 Å². The third-order valence-corrected chi connectivity index (χ3v) is 3.25. The molecule has 0 saturated heterocycles. The van der Waals surface area contributed by atoms with Crippen LogP contribution in [0.3, 0.4) is 0 Å². The predicted molar refractivity (Wildman–Crippen MR) is 70.2 cm³/mol. The molecule has 2 aromatic rings. The summed E-state index contributed by atoms with van der Waals surface area (Å²) in [6.07, 6.45) is 3.26. The number of aldehydes is 1. The molecule has 0 radical (unpaired) electrons. The number of hydrogen-bond acceptors (Lipinski definition) is 6. The van der Waals surface area contributed by atoms with Gasteiger partial charge in [0, 0.05) is 20.3 Å². The Morgan fingerprint density at radius 1 is 1.61 bits per heavy atom. The summed E-state index contributed by atoms with van der Waals surface area (Å²) in [5, 5.41) is 3.89. The molecule has 6 heteroatoms. The van der Waals surface area contributed by atoms with Crippen LogP contribution in [-0.2, 0) is 4.74 Å². The summed E-state index contributed by atoms with van der Waals surface area (Å²) in [4.78, 5) is 15.9. The van der Waals surface area contributed by atoms with Gasteiger partial charge in [-0.05, 0) is 18.6 Å². The quantitative estimate of drug-likeness (QED) is 0.616. The molecule has 0 aliphatic carbocycles. The molecular formula is C12H14N2O3S. The van der Waals surface area contributed by atoms with Gasteiger partial charge < -0.3 is 14.5 Å². The summed E-state index contributed by atoms with van der Waals surface area (Å²) in [5.74, 6) is 0.610. The van der Waals surface area contributed by atoms with Crippen molar-refractivity contribution in [2.24, 2.45) is 0 Å². The first-order valence-corrected chi connectivity index (χ1v) is 6.39. The van der Waals surface area contributed by atoms with E-state index in [1.54, 1.807) is 25.5 Å². The Bertz CT molecular complexity index is 493.